The number of piperazine rings is 1. The van der Waals surface area contributed by atoms with Crippen molar-refractivity contribution in [2.75, 3.05) is 36.8 Å². The predicted molar refractivity (Wildman–Crippen MR) is 122 cm³/mol. The summed E-state index contributed by atoms with van der Waals surface area (Å²) in [4.78, 5) is 34.1. The molecule has 0 saturated carbocycles. The number of nitrogens with zero attached hydrogens (tertiary/aromatic N) is 4. The van der Waals surface area contributed by atoms with Gasteiger partial charge in [0.15, 0.2) is 5.16 Å². The Morgan fingerprint density at radius 3 is 2.52 bits per heavy atom. The number of anilines is 1. The van der Waals surface area contributed by atoms with Crippen LogP contribution in [-0.2, 0) is 11.3 Å². The summed E-state index contributed by atoms with van der Waals surface area (Å²) in [6.45, 7) is 4.84. The smallest absolute Gasteiger partial charge is 0.262 e. The van der Waals surface area contributed by atoms with E-state index in [0.717, 1.165) is 6.42 Å². The lowest BCUT2D eigenvalue weighted by Crippen LogP contribution is -2.49. The molecule has 0 unspecified atom stereocenters. The van der Waals surface area contributed by atoms with Crippen LogP contribution >= 0.6 is 11.8 Å². The molecule has 1 aromatic heterocycles. The summed E-state index contributed by atoms with van der Waals surface area (Å²) in [5.41, 5.74) is 1.15. The zero-order valence-electron chi connectivity index (χ0n) is 17.5. The number of para-hydroxylation sites is 2. The molecule has 6 nitrogen and oxygen atoms in total. The Morgan fingerprint density at radius 1 is 1.06 bits per heavy atom. The lowest BCUT2D eigenvalue weighted by atomic mass is 10.2. The van der Waals surface area contributed by atoms with Crippen LogP contribution in [0.2, 0.25) is 0 Å². The van der Waals surface area contributed by atoms with Crippen LogP contribution in [-0.4, -0.2) is 52.3 Å². The van der Waals surface area contributed by atoms with Crippen LogP contribution in [0.4, 0.5) is 10.1 Å². The van der Waals surface area contributed by atoms with Gasteiger partial charge in [-0.25, -0.2) is 9.37 Å². The van der Waals surface area contributed by atoms with Gasteiger partial charge in [-0.05, 0) is 30.7 Å². The molecule has 1 aliphatic rings. The van der Waals surface area contributed by atoms with Crippen molar-refractivity contribution in [3.8, 4) is 0 Å². The van der Waals surface area contributed by atoms with E-state index in [2.05, 4.69) is 4.98 Å². The Balaban J connectivity index is 1.42. The molecular weight excluding hydrogens is 415 g/mol. The molecular formula is C23H25FN4O2S. The molecule has 0 radical (unpaired) electrons. The van der Waals surface area contributed by atoms with E-state index >= 15 is 0 Å². The van der Waals surface area contributed by atoms with Crippen molar-refractivity contribution >= 4 is 34.3 Å². The van der Waals surface area contributed by atoms with Crippen LogP contribution in [0, 0.1) is 5.82 Å². The second-order valence-corrected chi connectivity index (χ2v) is 8.42. The first-order chi connectivity index (χ1) is 15.1. The molecule has 0 bridgehead atoms. The first-order valence-corrected chi connectivity index (χ1v) is 11.5. The van der Waals surface area contributed by atoms with E-state index in [1.807, 2.05) is 36.1 Å². The number of amides is 1. The number of rotatable bonds is 6. The second-order valence-electron chi connectivity index (χ2n) is 7.48. The molecule has 2 heterocycles. The van der Waals surface area contributed by atoms with Gasteiger partial charge in [-0.2, -0.15) is 0 Å². The fraction of sp³-hybridized carbons (Fsp3) is 0.348. The molecule has 3 aromatic rings. The standard InChI is InChI=1S/C23H25FN4O2S/c1-2-11-28-22(30)17-7-3-5-9-19(17)25-23(28)31-16-21(29)27-14-12-26(13-15-27)20-10-6-4-8-18(20)24/h3-10H,2,11-16H2,1H3. The van der Waals surface area contributed by atoms with Crippen LogP contribution in [0.3, 0.4) is 0 Å². The monoisotopic (exact) mass is 440 g/mol. The largest absolute Gasteiger partial charge is 0.366 e. The Labute approximate surface area is 184 Å². The van der Waals surface area contributed by atoms with Crippen LogP contribution in [0.1, 0.15) is 13.3 Å². The highest BCUT2D eigenvalue weighted by Crippen LogP contribution is 2.22. The maximum absolute atomic E-state index is 14.0. The van der Waals surface area contributed by atoms with Crippen molar-refractivity contribution in [3.63, 3.8) is 0 Å². The molecule has 1 fully saturated rings. The first kappa shape index (κ1) is 21.4. The molecule has 0 aliphatic carbocycles. The SMILES string of the molecule is CCCn1c(SCC(=O)N2CCN(c3ccccc3F)CC2)nc2ccccc2c1=O. The topological polar surface area (TPSA) is 58.4 Å². The molecule has 1 aliphatic heterocycles. The number of halogens is 1. The van der Waals surface area contributed by atoms with E-state index in [4.69, 9.17) is 0 Å². The van der Waals surface area contributed by atoms with Gasteiger partial charge in [0.05, 0.1) is 22.3 Å². The number of benzene rings is 2. The molecule has 4 rings (SSSR count). The lowest BCUT2D eigenvalue weighted by Gasteiger charge is -2.36. The zero-order chi connectivity index (χ0) is 21.8. The van der Waals surface area contributed by atoms with Gasteiger partial charge in [0.2, 0.25) is 5.91 Å². The molecule has 0 spiro atoms. The van der Waals surface area contributed by atoms with Gasteiger partial charge in [0, 0.05) is 32.7 Å². The van der Waals surface area contributed by atoms with Gasteiger partial charge < -0.3 is 9.80 Å². The van der Waals surface area contributed by atoms with Crippen molar-refractivity contribution in [1.29, 1.82) is 0 Å². The highest BCUT2D eigenvalue weighted by Gasteiger charge is 2.23. The summed E-state index contributed by atoms with van der Waals surface area (Å²) in [6.07, 6.45) is 0.805. The van der Waals surface area contributed by atoms with Gasteiger partial charge in [-0.15, -0.1) is 0 Å². The average Bonchev–Trinajstić information content (AvgIpc) is 2.80. The van der Waals surface area contributed by atoms with Crippen LogP contribution < -0.4 is 10.5 Å². The van der Waals surface area contributed by atoms with E-state index in [0.29, 0.717) is 54.5 Å². The average molecular weight is 441 g/mol. The van der Waals surface area contributed by atoms with Crippen molar-refractivity contribution in [2.24, 2.45) is 0 Å². The Hall–Kier alpha value is -2.87. The minimum atomic E-state index is -0.242. The summed E-state index contributed by atoms with van der Waals surface area (Å²) in [7, 11) is 0. The Kier molecular flexibility index (Phi) is 6.56. The summed E-state index contributed by atoms with van der Waals surface area (Å²) >= 11 is 1.30. The van der Waals surface area contributed by atoms with Crippen LogP contribution in [0.5, 0.6) is 0 Å². The molecule has 162 valence electrons. The number of hydrogen-bond donors (Lipinski definition) is 0. The number of carbonyl (C=O) groups excluding carboxylic acids is 1. The number of carbonyl (C=O) groups is 1. The van der Waals surface area contributed by atoms with E-state index in [1.165, 1.54) is 17.8 Å². The fourth-order valence-corrected chi connectivity index (χ4v) is 4.73. The summed E-state index contributed by atoms with van der Waals surface area (Å²) in [5.74, 6) is -0.0217. The molecule has 1 saturated heterocycles. The highest BCUT2D eigenvalue weighted by atomic mass is 32.2. The van der Waals surface area contributed by atoms with Crippen molar-refractivity contribution in [2.45, 2.75) is 25.0 Å². The van der Waals surface area contributed by atoms with Gasteiger partial charge in [-0.3, -0.25) is 14.2 Å². The van der Waals surface area contributed by atoms with E-state index in [-0.39, 0.29) is 23.0 Å². The molecule has 0 atom stereocenters. The van der Waals surface area contributed by atoms with Crippen molar-refractivity contribution < 1.29 is 9.18 Å². The van der Waals surface area contributed by atoms with E-state index in [1.54, 1.807) is 27.7 Å². The van der Waals surface area contributed by atoms with Gasteiger partial charge in [0.1, 0.15) is 5.82 Å². The quantitative estimate of drug-likeness (QED) is 0.434. The number of thioether (sulfide) groups is 1. The maximum Gasteiger partial charge on any atom is 0.262 e. The minimum Gasteiger partial charge on any atom is -0.366 e. The van der Waals surface area contributed by atoms with E-state index < -0.39 is 0 Å². The van der Waals surface area contributed by atoms with E-state index in [9.17, 15) is 14.0 Å². The zero-order valence-corrected chi connectivity index (χ0v) is 18.3. The summed E-state index contributed by atoms with van der Waals surface area (Å²) < 4.78 is 15.7. The summed E-state index contributed by atoms with van der Waals surface area (Å²) in [6, 6.07) is 14.0. The normalized spacial score (nSPS) is 14.3. The van der Waals surface area contributed by atoms with Crippen molar-refractivity contribution in [3.05, 3.63) is 64.7 Å². The molecule has 0 N–H and O–H groups in total. The van der Waals surface area contributed by atoms with Crippen LogP contribution in [0.25, 0.3) is 10.9 Å². The minimum absolute atomic E-state index is 0.00337. The second kappa shape index (κ2) is 9.51. The van der Waals surface area contributed by atoms with Crippen LogP contribution in [0.15, 0.2) is 58.5 Å². The molecule has 2 aromatic carbocycles. The third-order valence-electron chi connectivity index (χ3n) is 5.42. The molecule has 8 heteroatoms. The first-order valence-electron chi connectivity index (χ1n) is 10.5. The predicted octanol–water partition coefficient (Wildman–Crippen LogP) is 3.39. The number of fused-ring (bicyclic) bond motifs is 1. The number of hydrogen-bond acceptors (Lipinski definition) is 5. The Morgan fingerprint density at radius 2 is 1.77 bits per heavy atom. The van der Waals surface area contributed by atoms with Crippen molar-refractivity contribution in [1.82, 2.24) is 14.5 Å². The van der Waals surface area contributed by atoms with Gasteiger partial charge >= 0.3 is 0 Å². The third kappa shape index (κ3) is 4.58. The number of aromatic nitrogens is 2. The third-order valence-corrected chi connectivity index (χ3v) is 6.39. The fourth-order valence-electron chi connectivity index (χ4n) is 3.80. The lowest BCUT2D eigenvalue weighted by molar-refractivity contribution is -0.128. The highest BCUT2D eigenvalue weighted by molar-refractivity contribution is 7.99. The maximum atomic E-state index is 14.0. The Bertz CT molecular complexity index is 1140. The van der Waals surface area contributed by atoms with Gasteiger partial charge in [-0.1, -0.05) is 43.0 Å². The van der Waals surface area contributed by atoms with Gasteiger partial charge in [0.25, 0.3) is 5.56 Å². The molecule has 31 heavy (non-hydrogen) atoms. The molecule has 1 amide bonds. The summed E-state index contributed by atoms with van der Waals surface area (Å²) in [5, 5.41) is 1.17.